The van der Waals surface area contributed by atoms with Gasteiger partial charge in [0.1, 0.15) is 12.2 Å². The van der Waals surface area contributed by atoms with Crippen LogP contribution in [0.2, 0.25) is 0 Å². The molecule has 2 aromatic rings. The highest BCUT2D eigenvalue weighted by atomic mass is 32.2. The average Bonchev–Trinajstić information content (AvgIpc) is 2.81. The van der Waals surface area contributed by atoms with Crippen molar-refractivity contribution in [3.63, 3.8) is 0 Å². The van der Waals surface area contributed by atoms with Gasteiger partial charge in [0.05, 0.1) is 12.1 Å². The van der Waals surface area contributed by atoms with Crippen molar-refractivity contribution in [2.75, 3.05) is 6.54 Å². The summed E-state index contributed by atoms with van der Waals surface area (Å²) in [6.07, 6.45) is -0.0934. The Morgan fingerprint density at radius 2 is 1.67 bits per heavy atom. The van der Waals surface area contributed by atoms with Gasteiger partial charge in [-0.15, -0.1) is 0 Å². The topological polar surface area (TPSA) is 111 Å². The number of rotatable bonds is 8. The van der Waals surface area contributed by atoms with Crippen LogP contribution < -0.4 is 5.32 Å². The van der Waals surface area contributed by atoms with E-state index in [0.717, 1.165) is 5.56 Å². The highest BCUT2D eigenvalue weighted by molar-refractivity contribution is 7.85. The van der Waals surface area contributed by atoms with Gasteiger partial charge in [0.2, 0.25) is 0 Å². The van der Waals surface area contributed by atoms with E-state index in [1.54, 1.807) is 45.0 Å². The average molecular weight is 519 g/mol. The molecular formula is C26H34N2O7S. The van der Waals surface area contributed by atoms with Gasteiger partial charge in [0.15, 0.2) is 0 Å². The van der Waals surface area contributed by atoms with Gasteiger partial charge < -0.3 is 14.8 Å². The number of nitrogens with zero attached hydrogens (tertiary/aromatic N) is 1. The van der Waals surface area contributed by atoms with Crippen molar-refractivity contribution in [3.8, 4) is 0 Å². The number of benzene rings is 2. The molecular weight excluding hydrogens is 484 g/mol. The Kier molecular flexibility index (Phi) is 9.33. The van der Waals surface area contributed by atoms with Gasteiger partial charge in [-0.2, -0.15) is 12.7 Å². The fraction of sp³-hybridized carbons (Fsp3) is 0.462. The molecule has 0 aliphatic carbocycles. The lowest BCUT2D eigenvalue weighted by Crippen LogP contribution is -2.49. The van der Waals surface area contributed by atoms with E-state index in [-0.39, 0.29) is 6.61 Å². The smallest absolute Gasteiger partial charge is 0.426 e. The number of hydrogen-bond acceptors (Lipinski definition) is 7. The third kappa shape index (κ3) is 8.23. The second-order valence-corrected chi connectivity index (χ2v) is 11.0. The van der Waals surface area contributed by atoms with Gasteiger partial charge in [0, 0.05) is 13.0 Å². The fourth-order valence-electron chi connectivity index (χ4n) is 3.86. The highest BCUT2D eigenvalue weighted by Gasteiger charge is 2.45. The van der Waals surface area contributed by atoms with Crippen LogP contribution in [-0.4, -0.2) is 43.2 Å². The van der Waals surface area contributed by atoms with Crippen molar-refractivity contribution < 1.29 is 31.7 Å². The van der Waals surface area contributed by atoms with E-state index in [1.165, 1.54) is 0 Å². The molecule has 2 amide bonds. The van der Waals surface area contributed by atoms with Crippen molar-refractivity contribution in [1.82, 2.24) is 9.62 Å². The minimum absolute atomic E-state index is 0.190. The van der Waals surface area contributed by atoms with Crippen molar-refractivity contribution in [3.05, 3.63) is 71.8 Å². The minimum Gasteiger partial charge on any atom is -0.445 e. The van der Waals surface area contributed by atoms with Crippen LogP contribution in [0.3, 0.4) is 0 Å². The zero-order chi connectivity index (χ0) is 26.2. The molecule has 0 bridgehead atoms. The summed E-state index contributed by atoms with van der Waals surface area (Å²) in [6, 6.07) is 17.6. The summed E-state index contributed by atoms with van der Waals surface area (Å²) in [7, 11) is -4.36. The molecule has 2 aromatic carbocycles. The molecule has 0 aromatic heterocycles. The first-order chi connectivity index (χ1) is 17.0. The van der Waals surface area contributed by atoms with Crippen LogP contribution >= 0.6 is 0 Å². The van der Waals surface area contributed by atoms with Gasteiger partial charge >= 0.3 is 22.5 Å². The number of amides is 2. The molecule has 1 fully saturated rings. The number of nitrogens with one attached hydrogen (secondary N) is 1. The summed E-state index contributed by atoms with van der Waals surface area (Å²) in [5.74, 6) is 0. The fourth-order valence-corrected chi connectivity index (χ4v) is 5.21. The van der Waals surface area contributed by atoms with E-state index in [0.29, 0.717) is 42.1 Å². The van der Waals surface area contributed by atoms with E-state index in [1.807, 2.05) is 36.4 Å². The normalized spacial score (nSPS) is 19.4. The predicted molar refractivity (Wildman–Crippen MR) is 134 cm³/mol. The van der Waals surface area contributed by atoms with E-state index >= 15 is 0 Å². The third-order valence-corrected chi connectivity index (χ3v) is 6.86. The summed E-state index contributed by atoms with van der Waals surface area (Å²) in [4.78, 5) is 24.7. The Hall–Kier alpha value is -3.11. The lowest BCUT2D eigenvalue weighted by atomic mass is 9.98. The van der Waals surface area contributed by atoms with E-state index in [9.17, 15) is 18.0 Å². The predicted octanol–water partition coefficient (Wildman–Crippen LogP) is 5.10. The molecule has 196 valence electrons. The Morgan fingerprint density at radius 3 is 2.31 bits per heavy atom. The quantitative estimate of drug-likeness (QED) is 0.484. The summed E-state index contributed by atoms with van der Waals surface area (Å²) in [5.41, 5.74) is 0.722. The Bertz CT molecular complexity index is 1100. The molecule has 1 aliphatic rings. The monoisotopic (exact) mass is 518 g/mol. The minimum atomic E-state index is -4.36. The number of ether oxygens (including phenoxy) is 2. The van der Waals surface area contributed by atoms with Crippen LogP contribution in [0.5, 0.6) is 0 Å². The molecule has 9 nitrogen and oxygen atoms in total. The summed E-state index contributed by atoms with van der Waals surface area (Å²) < 4.78 is 42.6. The van der Waals surface area contributed by atoms with Crippen LogP contribution in [0.15, 0.2) is 60.7 Å². The van der Waals surface area contributed by atoms with Crippen molar-refractivity contribution >= 4 is 22.5 Å². The molecule has 2 atom stereocenters. The van der Waals surface area contributed by atoms with Crippen LogP contribution in [0.1, 0.15) is 63.6 Å². The Morgan fingerprint density at radius 1 is 1.03 bits per heavy atom. The summed E-state index contributed by atoms with van der Waals surface area (Å²) >= 11 is 0. The zero-order valence-corrected chi connectivity index (χ0v) is 21.7. The van der Waals surface area contributed by atoms with Gasteiger partial charge in [-0.1, -0.05) is 60.7 Å². The maximum atomic E-state index is 13.0. The van der Waals surface area contributed by atoms with Crippen LogP contribution in [0.4, 0.5) is 9.59 Å². The van der Waals surface area contributed by atoms with Gasteiger partial charge in [-0.25, -0.2) is 13.8 Å². The molecule has 0 saturated carbocycles. The molecule has 10 heteroatoms. The molecule has 1 saturated heterocycles. The maximum absolute atomic E-state index is 13.0. The van der Waals surface area contributed by atoms with E-state index in [2.05, 4.69) is 5.32 Å². The van der Waals surface area contributed by atoms with E-state index in [4.69, 9.17) is 13.7 Å². The molecule has 1 heterocycles. The van der Waals surface area contributed by atoms with Crippen molar-refractivity contribution in [1.29, 1.82) is 0 Å². The van der Waals surface area contributed by atoms with Gasteiger partial charge in [0.25, 0.3) is 0 Å². The number of alkyl carbamates (subject to hydrolysis) is 1. The Labute approximate surface area is 213 Å². The lowest BCUT2D eigenvalue weighted by Gasteiger charge is -2.38. The molecule has 0 unspecified atom stereocenters. The Balaban J connectivity index is 1.53. The first-order valence-electron chi connectivity index (χ1n) is 12.0. The highest BCUT2D eigenvalue weighted by Crippen LogP contribution is 2.37. The molecule has 1 N–H and O–H groups in total. The zero-order valence-electron chi connectivity index (χ0n) is 20.9. The van der Waals surface area contributed by atoms with Crippen molar-refractivity contribution in [2.45, 2.75) is 70.8 Å². The molecule has 36 heavy (non-hydrogen) atoms. The standard InChI is InChI=1S/C26H34N2O7S/c1-26(2,3)34-25(30)28-23(21-14-8-5-9-15-21)18-22(35-36(28,31)32)16-10-11-17-27-24(29)33-19-20-12-6-4-7-13-20/h4-9,12-15,22-23H,10-11,16-19H2,1-3H3,(H,27,29)/t22-,23-/m0/s1. The molecule has 0 radical (unpaired) electrons. The largest absolute Gasteiger partial charge is 0.445 e. The number of carbonyl (C=O) groups is 2. The first-order valence-corrected chi connectivity index (χ1v) is 13.4. The number of unbranched alkanes of at least 4 members (excludes halogenated alkanes) is 1. The first kappa shape index (κ1) is 27.5. The summed E-state index contributed by atoms with van der Waals surface area (Å²) in [6.45, 7) is 5.60. The molecule has 3 rings (SSSR count). The second kappa shape index (κ2) is 12.2. The van der Waals surface area contributed by atoms with Crippen LogP contribution in [-0.2, 0) is 30.6 Å². The second-order valence-electron chi connectivity index (χ2n) is 9.60. The van der Waals surface area contributed by atoms with Crippen LogP contribution in [0.25, 0.3) is 0 Å². The maximum Gasteiger partial charge on any atom is 0.426 e. The van der Waals surface area contributed by atoms with E-state index < -0.39 is 40.2 Å². The molecule has 0 spiro atoms. The number of carbonyl (C=O) groups excluding carboxylic acids is 2. The number of hydrogen-bond donors (Lipinski definition) is 1. The summed E-state index contributed by atoms with van der Waals surface area (Å²) in [5, 5.41) is 2.70. The molecule has 1 aliphatic heterocycles. The van der Waals surface area contributed by atoms with Gasteiger partial charge in [-0.05, 0) is 51.2 Å². The third-order valence-electron chi connectivity index (χ3n) is 5.46. The van der Waals surface area contributed by atoms with Crippen LogP contribution in [0, 0.1) is 0 Å². The SMILES string of the molecule is CC(C)(C)OC(=O)N1[C@H](c2ccccc2)C[C@H](CCCCNC(=O)OCc2ccccc2)OS1(=O)=O. The van der Waals surface area contributed by atoms with Gasteiger partial charge in [-0.3, -0.25) is 0 Å². The lowest BCUT2D eigenvalue weighted by molar-refractivity contribution is 0.0168. The van der Waals surface area contributed by atoms with Crippen molar-refractivity contribution in [2.24, 2.45) is 0 Å².